The lowest BCUT2D eigenvalue weighted by Gasteiger charge is -2.38. The standard InChI is InChI=1S/C22H22N2OS/c1-16-15-22(2,3)23-21(26)24(16)19-12-10-18(11-13-19)20(25)14-9-17-7-5-4-6-8-17/h4-15H,1-3H3,(H,23,26). The molecule has 1 aliphatic rings. The van der Waals surface area contributed by atoms with Gasteiger partial charge in [0.2, 0.25) is 0 Å². The van der Waals surface area contributed by atoms with E-state index in [0.29, 0.717) is 10.7 Å². The van der Waals surface area contributed by atoms with Crippen LogP contribution in [0.1, 0.15) is 36.7 Å². The Morgan fingerprint density at radius 1 is 1.08 bits per heavy atom. The first kappa shape index (κ1) is 18.1. The average Bonchev–Trinajstić information content (AvgIpc) is 2.59. The van der Waals surface area contributed by atoms with Crippen molar-refractivity contribution in [2.75, 3.05) is 4.90 Å². The number of rotatable bonds is 4. The summed E-state index contributed by atoms with van der Waals surface area (Å²) in [6.45, 7) is 6.21. The van der Waals surface area contributed by atoms with Crippen LogP contribution in [0.4, 0.5) is 5.69 Å². The average molecular weight is 362 g/mol. The summed E-state index contributed by atoms with van der Waals surface area (Å²) in [5.41, 5.74) is 3.51. The van der Waals surface area contributed by atoms with Gasteiger partial charge in [-0.1, -0.05) is 36.4 Å². The molecule has 0 amide bonds. The minimum absolute atomic E-state index is 0.0202. The molecule has 2 aromatic carbocycles. The third-order valence-electron chi connectivity index (χ3n) is 4.19. The third kappa shape index (κ3) is 4.09. The first-order chi connectivity index (χ1) is 12.4. The molecule has 3 nitrogen and oxygen atoms in total. The van der Waals surface area contributed by atoms with Crippen LogP contribution in [0.2, 0.25) is 0 Å². The number of anilines is 1. The van der Waals surface area contributed by atoms with Gasteiger partial charge >= 0.3 is 0 Å². The SMILES string of the molecule is CC1=CC(C)(C)NC(=S)N1c1ccc(C(=O)C=Cc2ccccc2)cc1. The number of carbonyl (C=O) groups is 1. The van der Waals surface area contributed by atoms with Crippen LogP contribution in [0.25, 0.3) is 6.08 Å². The lowest BCUT2D eigenvalue weighted by atomic mass is 10.0. The van der Waals surface area contributed by atoms with Crippen LogP contribution in [-0.2, 0) is 0 Å². The second-order valence-corrected chi connectivity index (χ2v) is 7.31. The maximum Gasteiger partial charge on any atom is 0.185 e. The molecule has 3 rings (SSSR count). The zero-order valence-electron chi connectivity index (χ0n) is 15.2. The minimum atomic E-state index is -0.157. The van der Waals surface area contributed by atoms with E-state index in [1.54, 1.807) is 6.08 Å². The highest BCUT2D eigenvalue weighted by Crippen LogP contribution is 2.26. The number of benzene rings is 2. The first-order valence-electron chi connectivity index (χ1n) is 8.55. The van der Waals surface area contributed by atoms with Gasteiger partial charge in [-0.3, -0.25) is 9.69 Å². The van der Waals surface area contributed by atoms with Crippen molar-refractivity contribution in [3.05, 3.63) is 83.6 Å². The second-order valence-electron chi connectivity index (χ2n) is 6.93. The molecule has 26 heavy (non-hydrogen) atoms. The molecule has 1 aliphatic heterocycles. The predicted molar refractivity (Wildman–Crippen MR) is 112 cm³/mol. The zero-order chi connectivity index (χ0) is 18.7. The van der Waals surface area contributed by atoms with Crippen molar-refractivity contribution >= 4 is 34.9 Å². The molecule has 0 bridgehead atoms. The fourth-order valence-electron chi connectivity index (χ4n) is 3.04. The maximum absolute atomic E-state index is 12.4. The molecule has 0 aliphatic carbocycles. The largest absolute Gasteiger partial charge is 0.354 e. The molecule has 1 heterocycles. The highest BCUT2D eigenvalue weighted by atomic mass is 32.1. The van der Waals surface area contributed by atoms with Crippen LogP contribution in [-0.4, -0.2) is 16.4 Å². The number of ketones is 1. The molecule has 0 aromatic heterocycles. The predicted octanol–water partition coefficient (Wildman–Crippen LogP) is 4.96. The van der Waals surface area contributed by atoms with E-state index in [4.69, 9.17) is 12.2 Å². The summed E-state index contributed by atoms with van der Waals surface area (Å²) in [4.78, 5) is 14.4. The quantitative estimate of drug-likeness (QED) is 0.473. The normalized spacial score (nSPS) is 16.3. The Kier molecular flexibility index (Phi) is 5.05. The van der Waals surface area contributed by atoms with E-state index in [9.17, 15) is 4.79 Å². The molecule has 1 N–H and O–H groups in total. The van der Waals surface area contributed by atoms with Crippen molar-refractivity contribution in [3.63, 3.8) is 0 Å². The van der Waals surface area contributed by atoms with Gasteiger partial charge in [-0.05, 0) is 75.0 Å². The van der Waals surface area contributed by atoms with Gasteiger partial charge in [0.15, 0.2) is 10.9 Å². The molecule has 0 fully saturated rings. The highest BCUT2D eigenvalue weighted by molar-refractivity contribution is 7.80. The Balaban J connectivity index is 1.77. The van der Waals surface area contributed by atoms with Crippen LogP contribution in [0.5, 0.6) is 0 Å². The monoisotopic (exact) mass is 362 g/mol. The first-order valence-corrected chi connectivity index (χ1v) is 8.96. The molecular weight excluding hydrogens is 340 g/mol. The highest BCUT2D eigenvalue weighted by Gasteiger charge is 2.27. The van der Waals surface area contributed by atoms with Gasteiger partial charge in [-0.2, -0.15) is 0 Å². The van der Waals surface area contributed by atoms with Crippen molar-refractivity contribution in [3.8, 4) is 0 Å². The topological polar surface area (TPSA) is 32.3 Å². The van der Waals surface area contributed by atoms with Gasteiger partial charge in [0.05, 0.1) is 5.54 Å². The van der Waals surface area contributed by atoms with Gasteiger partial charge in [-0.15, -0.1) is 0 Å². The van der Waals surface area contributed by atoms with Crippen molar-refractivity contribution in [2.24, 2.45) is 0 Å². The maximum atomic E-state index is 12.4. The van der Waals surface area contributed by atoms with Crippen LogP contribution in [0, 0.1) is 0 Å². The Morgan fingerprint density at radius 3 is 2.35 bits per heavy atom. The summed E-state index contributed by atoms with van der Waals surface area (Å²) >= 11 is 5.51. The molecule has 0 saturated heterocycles. The molecule has 4 heteroatoms. The molecular formula is C22H22N2OS. The molecule has 0 unspecified atom stereocenters. The lowest BCUT2D eigenvalue weighted by Crippen LogP contribution is -2.53. The van der Waals surface area contributed by atoms with Crippen molar-refractivity contribution < 1.29 is 4.79 Å². The number of hydrogen-bond donors (Lipinski definition) is 1. The molecule has 132 valence electrons. The van der Waals surface area contributed by atoms with E-state index in [1.807, 2.05) is 72.5 Å². The summed E-state index contributed by atoms with van der Waals surface area (Å²) in [6, 6.07) is 17.3. The number of nitrogens with one attached hydrogen (secondary N) is 1. The van der Waals surface area contributed by atoms with Crippen molar-refractivity contribution in [2.45, 2.75) is 26.3 Å². The van der Waals surface area contributed by atoms with Crippen molar-refractivity contribution in [1.82, 2.24) is 5.32 Å². The van der Waals surface area contributed by atoms with E-state index >= 15 is 0 Å². The molecule has 0 spiro atoms. The van der Waals surface area contributed by atoms with E-state index in [2.05, 4.69) is 25.2 Å². The number of allylic oxidation sites excluding steroid dienone is 2. The second kappa shape index (κ2) is 7.26. The van der Waals surface area contributed by atoms with E-state index < -0.39 is 0 Å². The fraction of sp³-hybridized carbons (Fsp3) is 0.182. The molecule has 0 radical (unpaired) electrons. The van der Waals surface area contributed by atoms with Crippen LogP contribution in [0.3, 0.4) is 0 Å². The summed E-state index contributed by atoms with van der Waals surface area (Å²) in [5.74, 6) is -0.0202. The summed E-state index contributed by atoms with van der Waals surface area (Å²) in [7, 11) is 0. The Morgan fingerprint density at radius 2 is 1.73 bits per heavy atom. The number of thiocarbonyl (C=S) groups is 1. The number of hydrogen-bond acceptors (Lipinski definition) is 2. The number of nitrogens with zero attached hydrogens (tertiary/aromatic N) is 1. The van der Waals surface area contributed by atoms with Gasteiger partial charge in [-0.25, -0.2) is 0 Å². The third-order valence-corrected chi connectivity index (χ3v) is 4.48. The zero-order valence-corrected chi connectivity index (χ0v) is 16.0. The Bertz CT molecular complexity index is 880. The molecule has 0 saturated carbocycles. The summed E-state index contributed by atoms with van der Waals surface area (Å²) < 4.78 is 0. The summed E-state index contributed by atoms with van der Waals surface area (Å²) in [6.07, 6.45) is 5.57. The molecule has 0 atom stereocenters. The van der Waals surface area contributed by atoms with Crippen LogP contribution < -0.4 is 10.2 Å². The van der Waals surface area contributed by atoms with Gasteiger partial charge in [0.25, 0.3) is 0 Å². The van der Waals surface area contributed by atoms with E-state index in [0.717, 1.165) is 16.9 Å². The Labute approximate surface area is 160 Å². The minimum Gasteiger partial charge on any atom is -0.354 e. The smallest absolute Gasteiger partial charge is 0.185 e. The van der Waals surface area contributed by atoms with Crippen LogP contribution in [0.15, 0.2) is 72.4 Å². The lowest BCUT2D eigenvalue weighted by molar-refractivity contribution is 0.104. The van der Waals surface area contributed by atoms with E-state index in [-0.39, 0.29) is 11.3 Å². The van der Waals surface area contributed by atoms with Crippen molar-refractivity contribution in [1.29, 1.82) is 0 Å². The van der Waals surface area contributed by atoms with Gasteiger partial charge < -0.3 is 5.32 Å². The van der Waals surface area contributed by atoms with Gasteiger partial charge in [0, 0.05) is 16.9 Å². The molecule has 2 aromatic rings. The number of carbonyl (C=O) groups excluding carboxylic acids is 1. The van der Waals surface area contributed by atoms with Crippen LogP contribution >= 0.6 is 12.2 Å². The fourth-order valence-corrected chi connectivity index (χ4v) is 3.55. The van der Waals surface area contributed by atoms with Gasteiger partial charge in [0.1, 0.15) is 0 Å². The Hall–Kier alpha value is -2.72. The summed E-state index contributed by atoms with van der Waals surface area (Å²) in [5, 5.41) is 3.98. The van der Waals surface area contributed by atoms with E-state index in [1.165, 1.54) is 0 Å².